The van der Waals surface area contributed by atoms with E-state index in [0.29, 0.717) is 11.8 Å². The summed E-state index contributed by atoms with van der Waals surface area (Å²) < 4.78 is 5.63. The molecule has 0 nitrogen and oxygen atoms in total. The maximum absolute atomic E-state index is 2.70. The average Bonchev–Trinajstić information content (AvgIpc) is 3.80. The average molecular weight is 811 g/mol. The molecule has 2 aliphatic carbocycles. The second kappa shape index (κ2) is 20.4. The van der Waals surface area contributed by atoms with Crippen molar-refractivity contribution in [3.8, 4) is 11.1 Å². The summed E-state index contributed by atoms with van der Waals surface area (Å²) >= 11 is -2.44. The molecule has 4 aromatic rings. The first-order chi connectivity index (χ1) is 24.5. The molecular weight excluding hydrogens is 751 g/mol. The normalized spacial score (nSPS) is 13.6. The zero-order chi connectivity index (χ0) is 35.0. The first-order valence-corrected chi connectivity index (χ1v) is 23.7. The van der Waals surface area contributed by atoms with Gasteiger partial charge in [-0.2, -0.15) is 0 Å². The number of aryl methyl sites for hydroxylation is 1. The molecule has 274 valence electrons. The number of benzene rings is 4. The predicted molar refractivity (Wildman–Crippen MR) is 216 cm³/mol. The fraction of sp³-hybridized carbons (Fsp3) is 0.408. The van der Waals surface area contributed by atoms with E-state index < -0.39 is 21.3 Å². The molecule has 3 heteroatoms. The molecular formula is C49H60Cl2Zr. The standard InChI is InChI=1S/C35H37.C9H18.C5H5.2ClH.Zr/c1-5-13-30(26-15-9-7-10-16-26)32-22-34-28(19-24(32)3)21-29-20-25(4)33(23-35(29)34)31(14-6-2)27-17-11-8-12-18-27;1-3-5-7-9-8-6-4-2;1-2-4-5-3-1;;;/h7-12,15-19,22-23,30-31H,5-6,13-14,21H2,1-4H3;3-8H2,1-2H3;1-3H,4H2;2*1H;/q;;;;;+2/p-2. The Labute approximate surface area is 336 Å². The van der Waals surface area contributed by atoms with Gasteiger partial charge in [0.1, 0.15) is 0 Å². The Balaban J connectivity index is 0.00000302. The monoisotopic (exact) mass is 808 g/mol. The van der Waals surface area contributed by atoms with Gasteiger partial charge in [0.25, 0.3) is 0 Å². The fourth-order valence-electron chi connectivity index (χ4n) is 9.03. The summed E-state index contributed by atoms with van der Waals surface area (Å²) in [7, 11) is 0. The Hall–Kier alpha value is -2.31. The Kier molecular flexibility index (Phi) is 16.6. The van der Waals surface area contributed by atoms with Crippen LogP contribution >= 0.6 is 0 Å². The van der Waals surface area contributed by atoms with Crippen LogP contribution in [0.4, 0.5) is 0 Å². The van der Waals surface area contributed by atoms with Crippen molar-refractivity contribution in [3.63, 3.8) is 0 Å². The molecule has 4 aromatic carbocycles. The molecule has 0 bridgehead atoms. The summed E-state index contributed by atoms with van der Waals surface area (Å²) in [6.07, 6.45) is 22.2. The Morgan fingerprint density at radius 3 is 1.75 bits per heavy atom. The maximum atomic E-state index is 2.70. The van der Waals surface area contributed by atoms with Crippen LogP contribution in [0.3, 0.4) is 0 Å². The summed E-state index contributed by atoms with van der Waals surface area (Å²) in [5.74, 6) is 0.854. The molecule has 0 aromatic heterocycles. The van der Waals surface area contributed by atoms with Crippen LogP contribution in [0.5, 0.6) is 0 Å². The zero-order valence-electron chi connectivity index (χ0n) is 32.6. The molecule has 0 saturated carbocycles. The van der Waals surface area contributed by atoms with Crippen molar-refractivity contribution >= 4 is 6.48 Å². The van der Waals surface area contributed by atoms with E-state index in [2.05, 4.69) is 139 Å². The molecule has 2 aliphatic rings. The number of hydrogen-bond donors (Lipinski definition) is 0. The Morgan fingerprint density at radius 2 is 1.23 bits per heavy atom. The minimum absolute atomic E-state index is 0. The smallest absolute Gasteiger partial charge is 1.00 e. The number of fused-ring (bicyclic) bond motifs is 3. The van der Waals surface area contributed by atoms with Crippen molar-refractivity contribution in [1.29, 1.82) is 0 Å². The van der Waals surface area contributed by atoms with E-state index in [1.165, 1.54) is 92.0 Å². The Morgan fingerprint density at radius 1 is 0.673 bits per heavy atom. The second-order valence-corrected chi connectivity index (χ2v) is 21.4. The van der Waals surface area contributed by atoms with Crippen LogP contribution in [0.15, 0.2) is 100 Å². The largest absolute Gasteiger partial charge is 1.00 e. The van der Waals surface area contributed by atoms with Gasteiger partial charge in [0, 0.05) is 0 Å². The number of allylic oxidation sites excluding steroid dienone is 4. The van der Waals surface area contributed by atoms with E-state index in [1.54, 1.807) is 27.8 Å². The molecule has 0 aliphatic heterocycles. The summed E-state index contributed by atoms with van der Waals surface area (Å²) in [4.78, 5) is 0. The quantitative estimate of drug-likeness (QED) is 0.0977. The van der Waals surface area contributed by atoms with Gasteiger partial charge >= 0.3 is 314 Å². The van der Waals surface area contributed by atoms with Crippen LogP contribution < -0.4 is 28.1 Å². The van der Waals surface area contributed by atoms with Gasteiger partial charge < -0.3 is 24.8 Å². The van der Waals surface area contributed by atoms with Gasteiger partial charge in [-0.3, -0.25) is 0 Å². The third-order valence-electron chi connectivity index (χ3n) is 11.6. The molecule has 0 N–H and O–H groups in total. The Bertz CT molecular complexity index is 1860. The minimum atomic E-state index is -2.44. The fourth-order valence-corrected chi connectivity index (χ4v) is 17.9. The molecule has 0 radical (unpaired) electrons. The zero-order valence-corrected chi connectivity index (χ0v) is 36.6. The third-order valence-corrected chi connectivity index (χ3v) is 19.9. The SMILES string of the molecule is CCCC[C](CCCC)=[Zr+2]([C]1=CC=CC1)[c]1c(C)c(C(CCC)c2ccccc2)cc2c1Cc1cc(C)c(C(CCC)c3ccccc3)cc1-2.[Cl-].[Cl-]. The third kappa shape index (κ3) is 9.13. The molecule has 52 heavy (non-hydrogen) atoms. The van der Waals surface area contributed by atoms with Gasteiger partial charge in [0.05, 0.1) is 0 Å². The van der Waals surface area contributed by atoms with Crippen LogP contribution in [0.1, 0.15) is 155 Å². The van der Waals surface area contributed by atoms with E-state index in [4.69, 9.17) is 0 Å². The topological polar surface area (TPSA) is 0 Å². The van der Waals surface area contributed by atoms with E-state index in [-0.39, 0.29) is 24.8 Å². The molecule has 0 amide bonds. The molecule has 6 rings (SSSR count). The van der Waals surface area contributed by atoms with E-state index in [1.807, 2.05) is 9.76 Å². The van der Waals surface area contributed by atoms with E-state index in [0.717, 1.165) is 12.8 Å². The number of rotatable bonds is 16. The molecule has 0 saturated heterocycles. The number of hydrogen-bond acceptors (Lipinski definition) is 0. The van der Waals surface area contributed by atoms with Crippen LogP contribution in [0, 0.1) is 13.8 Å². The van der Waals surface area contributed by atoms with Crippen molar-refractivity contribution in [2.75, 3.05) is 0 Å². The predicted octanol–water partition coefficient (Wildman–Crippen LogP) is 7.39. The summed E-state index contributed by atoms with van der Waals surface area (Å²) in [5.41, 5.74) is 15.5. The summed E-state index contributed by atoms with van der Waals surface area (Å²) in [6.45, 7) is 14.4. The number of halogens is 2. The van der Waals surface area contributed by atoms with Gasteiger partial charge in [-0.15, -0.1) is 0 Å². The van der Waals surface area contributed by atoms with Crippen LogP contribution in [-0.4, -0.2) is 3.21 Å². The molecule has 0 heterocycles. The first-order valence-electron chi connectivity index (χ1n) is 20.0. The van der Waals surface area contributed by atoms with Gasteiger partial charge in [0.2, 0.25) is 0 Å². The van der Waals surface area contributed by atoms with E-state index >= 15 is 0 Å². The van der Waals surface area contributed by atoms with Crippen molar-refractivity contribution in [2.24, 2.45) is 0 Å². The summed E-state index contributed by atoms with van der Waals surface area (Å²) in [6, 6.07) is 30.7. The van der Waals surface area contributed by atoms with E-state index in [9.17, 15) is 0 Å². The van der Waals surface area contributed by atoms with Crippen LogP contribution in [0.25, 0.3) is 11.1 Å². The molecule has 2 atom stereocenters. The van der Waals surface area contributed by atoms with Crippen molar-refractivity contribution in [1.82, 2.24) is 0 Å². The number of unbranched alkanes of at least 4 members (excludes halogenated alkanes) is 2. The maximum Gasteiger partial charge on any atom is -1.00 e. The molecule has 0 spiro atoms. The van der Waals surface area contributed by atoms with Gasteiger partial charge in [0.15, 0.2) is 0 Å². The first kappa shape index (κ1) is 42.4. The summed E-state index contributed by atoms with van der Waals surface area (Å²) in [5, 5.41) is 0. The van der Waals surface area contributed by atoms with Crippen molar-refractivity contribution in [3.05, 3.63) is 145 Å². The van der Waals surface area contributed by atoms with Gasteiger partial charge in [-0.05, 0) is 0 Å². The van der Waals surface area contributed by atoms with Crippen LogP contribution in [-0.2, 0) is 27.7 Å². The molecule has 2 unspecified atom stereocenters. The minimum Gasteiger partial charge on any atom is -1.00 e. The van der Waals surface area contributed by atoms with Gasteiger partial charge in [-0.25, -0.2) is 0 Å². The van der Waals surface area contributed by atoms with Crippen molar-refractivity contribution in [2.45, 2.75) is 130 Å². The van der Waals surface area contributed by atoms with Crippen LogP contribution in [0.2, 0.25) is 0 Å². The second-order valence-electron chi connectivity index (χ2n) is 15.0. The van der Waals surface area contributed by atoms with Crippen molar-refractivity contribution < 1.29 is 46.1 Å². The van der Waals surface area contributed by atoms with Gasteiger partial charge in [-0.1, -0.05) is 0 Å². The molecule has 0 fully saturated rings.